The van der Waals surface area contributed by atoms with E-state index in [4.69, 9.17) is 18.9 Å². The molecule has 0 bridgehead atoms. The molecule has 0 aliphatic carbocycles. The quantitative estimate of drug-likeness (QED) is 0.119. The molecule has 4 rings (SSSR count). The summed E-state index contributed by atoms with van der Waals surface area (Å²) in [5.74, 6) is 0.405. The Bertz CT molecular complexity index is 1530. The highest BCUT2D eigenvalue weighted by Gasteiger charge is 2.31. The third kappa shape index (κ3) is 9.54. The van der Waals surface area contributed by atoms with Crippen LogP contribution in [0.25, 0.3) is 21.9 Å². The Morgan fingerprint density at radius 3 is 2.18 bits per heavy atom. The van der Waals surface area contributed by atoms with Crippen molar-refractivity contribution < 1.29 is 28.5 Å². The lowest BCUT2D eigenvalue weighted by Crippen LogP contribution is -2.43. The first kappa shape index (κ1) is 33.5. The summed E-state index contributed by atoms with van der Waals surface area (Å²) in [5.41, 5.74) is 3.27. The third-order valence-corrected chi connectivity index (χ3v) is 7.33. The maximum atomic E-state index is 13.5. The topological polar surface area (TPSA) is 86.3 Å². The molecule has 238 valence electrons. The fourth-order valence-corrected chi connectivity index (χ4v) is 5.11. The summed E-state index contributed by atoms with van der Waals surface area (Å²) >= 11 is 0. The highest BCUT2D eigenvalue weighted by molar-refractivity contribution is 6.00. The monoisotopic (exact) mass is 612 g/mol. The predicted molar refractivity (Wildman–Crippen MR) is 177 cm³/mol. The predicted octanol–water partition coefficient (Wildman–Crippen LogP) is 7.16. The smallest absolute Gasteiger partial charge is 0.410 e. The average molecular weight is 613 g/mol. The molecule has 0 unspecified atom stereocenters. The van der Waals surface area contributed by atoms with Crippen LogP contribution in [-0.2, 0) is 25.6 Å². The number of nitrogens with zero attached hydrogens (tertiary/aromatic N) is 1. The van der Waals surface area contributed by atoms with Crippen molar-refractivity contribution in [3.63, 3.8) is 0 Å². The molecule has 4 aromatic rings. The van der Waals surface area contributed by atoms with Crippen molar-refractivity contribution >= 4 is 22.8 Å². The first-order valence-electron chi connectivity index (χ1n) is 15.2. The van der Waals surface area contributed by atoms with Crippen molar-refractivity contribution in [2.24, 2.45) is 0 Å². The van der Waals surface area contributed by atoms with E-state index in [9.17, 15) is 9.59 Å². The molecule has 0 aromatic heterocycles. The van der Waals surface area contributed by atoms with Gasteiger partial charge in [-0.3, -0.25) is 9.69 Å². The number of carbonyl (C=O) groups is 2. The Balaban J connectivity index is 1.63. The number of ether oxygens (including phenoxy) is 4. The van der Waals surface area contributed by atoms with Gasteiger partial charge in [-0.25, -0.2) is 4.79 Å². The van der Waals surface area contributed by atoms with Gasteiger partial charge in [0.05, 0.1) is 26.2 Å². The van der Waals surface area contributed by atoms with E-state index in [2.05, 4.69) is 23.5 Å². The van der Waals surface area contributed by atoms with Crippen LogP contribution in [-0.4, -0.2) is 63.0 Å². The number of nitrogens with one attached hydrogen (secondary N) is 1. The molecule has 1 amide bonds. The van der Waals surface area contributed by atoms with Crippen molar-refractivity contribution in [2.75, 3.05) is 40.5 Å². The van der Waals surface area contributed by atoms with Crippen LogP contribution >= 0.6 is 0 Å². The fourth-order valence-electron chi connectivity index (χ4n) is 5.11. The van der Waals surface area contributed by atoms with Gasteiger partial charge in [0.2, 0.25) is 0 Å². The minimum Gasteiger partial charge on any atom is -0.488 e. The zero-order valence-electron chi connectivity index (χ0n) is 26.9. The summed E-state index contributed by atoms with van der Waals surface area (Å²) < 4.78 is 22.1. The maximum Gasteiger partial charge on any atom is 0.410 e. The number of fused-ring (bicyclic) bond motifs is 1. The Labute approximate surface area is 266 Å². The summed E-state index contributed by atoms with van der Waals surface area (Å²) in [6.45, 7) is 7.98. The van der Waals surface area contributed by atoms with Gasteiger partial charge >= 0.3 is 12.1 Å². The van der Waals surface area contributed by atoms with Crippen LogP contribution in [0.15, 0.2) is 91.0 Å². The molecule has 0 saturated carbocycles. The van der Waals surface area contributed by atoms with Gasteiger partial charge in [0, 0.05) is 32.1 Å². The van der Waals surface area contributed by atoms with Crippen molar-refractivity contribution in [3.8, 4) is 16.9 Å². The minimum atomic E-state index is -0.698. The van der Waals surface area contributed by atoms with E-state index in [1.807, 2.05) is 93.6 Å². The summed E-state index contributed by atoms with van der Waals surface area (Å²) in [5, 5.41) is 5.37. The van der Waals surface area contributed by atoms with E-state index in [1.54, 1.807) is 12.0 Å². The van der Waals surface area contributed by atoms with Crippen LogP contribution in [0.2, 0.25) is 0 Å². The van der Waals surface area contributed by atoms with E-state index in [1.165, 1.54) is 7.11 Å². The lowest BCUT2D eigenvalue weighted by atomic mass is 9.94. The van der Waals surface area contributed by atoms with Crippen molar-refractivity contribution in [2.45, 2.75) is 45.4 Å². The second kappa shape index (κ2) is 16.1. The van der Waals surface area contributed by atoms with E-state index >= 15 is 0 Å². The van der Waals surface area contributed by atoms with Gasteiger partial charge in [-0.1, -0.05) is 84.9 Å². The maximum absolute atomic E-state index is 13.5. The molecular formula is C37H44N2O6. The SMILES string of the molecule is COCCNCCN(C(=O)OC(C)(C)C)[C@@H](CC(=O)OC)c1ccc(-c2ccc(OCc3ccccc3)c3ccccc23)cc1. The number of esters is 1. The van der Waals surface area contributed by atoms with Crippen molar-refractivity contribution in [1.82, 2.24) is 10.2 Å². The lowest BCUT2D eigenvalue weighted by molar-refractivity contribution is -0.142. The van der Waals surface area contributed by atoms with Crippen molar-refractivity contribution in [3.05, 3.63) is 102 Å². The average Bonchev–Trinajstić information content (AvgIpc) is 3.04. The van der Waals surface area contributed by atoms with Gasteiger partial charge in [0.15, 0.2) is 0 Å². The molecule has 1 atom stereocenters. The summed E-state index contributed by atoms with van der Waals surface area (Å²) in [4.78, 5) is 27.7. The summed E-state index contributed by atoms with van der Waals surface area (Å²) in [6, 6.07) is 29.8. The van der Waals surface area contributed by atoms with E-state index in [0.29, 0.717) is 32.8 Å². The molecule has 0 aliphatic heterocycles. The van der Waals surface area contributed by atoms with Crippen LogP contribution in [0.1, 0.15) is 44.4 Å². The standard InChI is InChI=1S/C37H44N2O6/c1-37(2,3)45-36(41)39(23-21-38-22-24-42-4)33(25-35(40)43-5)29-17-15-28(16-18-29)30-19-20-34(32-14-10-9-13-31(30)32)44-26-27-11-7-6-8-12-27/h6-20,33,38H,21-26H2,1-5H3/t33-/m0/s1. The van der Waals surface area contributed by atoms with Crippen LogP contribution in [0, 0.1) is 0 Å². The molecule has 4 aromatic carbocycles. The highest BCUT2D eigenvalue weighted by atomic mass is 16.6. The molecule has 0 aliphatic rings. The summed E-state index contributed by atoms with van der Waals surface area (Å²) in [6.07, 6.45) is -0.505. The van der Waals surface area contributed by atoms with E-state index in [-0.39, 0.29) is 6.42 Å². The molecule has 8 nitrogen and oxygen atoms in total. The molecule has 0 spiro atoms. The normalized spacial score (nSPS) is 12.0. The fraction of sp³-hybridized carbons (Fsp3) is 0.351. The second-order valence-electron chi connectivity index (χ2n) is 11.8. The molecule has 45 heavy (non-hydrogen) atoms. The zero-order valence-corrected chi connectivity index (χ0v) is 26.9. The number of methoxy groups -OCH3 is 2. The van der Waals surface area contributed by atoms with E-state index < -0.39 is 23.7 Å². The Morgan fingerprint density at radius 1 is 0.822 bits per heavy atom. The number of benzene rings is 4. The number of carbonyl (C=O) groups excluding carboxylic acids is 2. The van der Waals surface area contributed by atoms with Gasteiger partial charge in [-0.05, 0) is 54.5 Å². The number of amides is 1. The molecule has 0 radical (unpaired) electrons. The molecule has 8 heteroatoms. The molecule has 1 N–H and O–H groups in total. The van der Waals surface area contributed by atoms with Crippen molar-refractivity contribution in [1.29, 1.82) is 0 Å². The Kier molecular flexibility index (Phi) is 12.0. The van der Waals surface area contributed by atoms with Crippen LogP contribution < -0.4 is 10.1 Å². The van der Waals surface area contributed by atoms with Gasteiger partial charge in [0.1, 0.15) is 18.0 Å². The van der Waals surface area contributed by atoms with Gasteiger partial charge in [-0.15, -0.1) is 0 Å². The molecule has 0 fully saturated rings. The molecule has 0 heterocycles. The number of rotatable bonds is 14. The Hall–Kier alpha value is -4.40. The Morgan fingerprint density at radius 2 is 1.51 bits per heavy atom. The van der Waals surface area contributed by atoms with Crippen LogP contribution in [0.5, 0.6) is 5.75 Å². The highest BCUT2D eigenvalue weighted by Crippen LogP contribution is 2.36. The molecular weight excluding hydrogens is 568 g/mol. The lowest BCUT2D eigenvalue weighted by Gasteiger charge is -2.33. The summed E-state index contributed by atoms with van der Waals surface area (Å²) in [7, 11) is 2.99. The first-order chi connectivity index (χ1) is 21.7. The van der Waals surface area contributed by atoms with E-state index in [0.717, 1.165) is 38.8 Å². The number of hydrogen-bond acceptors (Lipinski definition) is 7. The van der Waals surface area contributed by atoms with Gasteiger partial charge < -0.3 is 24.3 Å². The third-order valence-electron chi connectivity index (χ3n) is 7.33. The largest absolute Gasteiger partial charge is 0.488 e. The minimum absolute atomic E-state index is 0.0104. The second-order valence-corrected chi connectivity index (χ2v) is 11.8. The number of hydrogen-bond donors (Lipinski definition) is 1. The first-order valence-corrected chi connectivity index (χ1v) is 15.2. The zero-order chi connectivity index (χ0) is 32.2. The van der Waals surface area contributed by atoms with Crippen LogP contribution in [0.4, 0.5) is 4.79 Å². The van der Waals surface area contributed by atoms with Crippen LogP contribution in [0.3, 0.4) is 0 Å². The van der Waals surface area contributed by atoms with Gasteiger partial charge in [-0.2, -0.15) is 0 Å². The van der Waals surface area contributed by atoms with Gasteiger partial charge in [0.25, 0.3) is 0 Å². The molecule has 0 saturated heterocycles.